The number of rotatable bonds is 5. The molecule has 0 bridgehead atoms. The SMILES string of the molecule is [C-]#[N+]c1cc(-c2cccc(-c3c4ccccc4c(-c4ccccc4)c4ccccc34)c2)cc(-c2cccc(-n3c4ccccc4c4cc(C#N)ccc43)c2)c1. The van der Waals surface area contributed by atoms with Gasteiger partial charge in [-0.1, -0.05) is 127 Å². The highest BCUT2D eigenvalue weighted by atomic mass is 15.0. The van der Waals surface area contributed by atoms with Crippen LogP contribution in [0.25, 0.3) is 98.4 Å². The minimum absolute atomic E-state index is 0.590. The van der Waals surface area contributed by atoms with E-state index in [0.717, 1.165) is 55.3 Å². The monoisotopic (exact) mass is 697 g/mol. The highest BCUT2D eigenvalue weighted by Gasteiger charge is 2.18. The molecule has 1 aromatic heterocycles. The molecule has 0 atom stereocenters. The second kappa shape index (κ2) is 13.0. The van der Waals surface area contributed by atoms with Crippen molar-refractivity contribution in [2.24, 2.45) is 0 Å². The molecule has 0 saturated heterocycles. The molecule has 0 fully saturated rings. The topological polar surface area (TPSA) is 33.1 Å². The number of fused-ring (bicyclic) bond motifs is 5. The van der Waals surface area contributed by atoms with Gasteiger partial charge in [-0.05, 0) is 127 Å². The summed E-state index contributed by atoms with van der Waals surface area (Å²) in [5.41, 5.74) is 13.2. The zero-order chi connectivity index (χ0) is 36.9. The lowest BCUT2D eigenvalue weighted by atomic mass is 9.85. The van der Waals surface area contributed by atoms with Crippen LogP contribution < -0.4 is 0 Å². The number of hydrogen-bond acceptors (Lipinski definition) is 1. The zero-order valence-electron chi connectivity index (χ0n) is 29.7. The maximum atomic E-state index is 9.63. The summed E-state index contributed by atoms with van der Waals surface area (Å²) in [6.07, 6.45) is 0. The number of hydrogen-bond donors (Lipinski definition) is 0. The molecule has 0 amide bonds. The fourth-order valence-corrected chi connectivity index (χ4v) is 8.36. The first-order valence-corrected chi connectivity index (χ1v) is 18.3. The lowest BCUT2D eigenvalue weighted by Gasteiger charge is -2.18. The van der Waals surface area contributed by atoms with E-state index in [-0.39, 0.29) is 0 Å². The lowest BCUT2D eigenvalue weighted by molar-refractivity contribution is 1.18. The molecular weight excluding hydrogens is 667 g/mol. The molecule has 1 heterocycles. The van der Waals surface area contributed by atoms with Gasteiger partial charge < -0.3 is 4.57 Å². The summed E-state index contributed by atoms with van der Waals surface area (Å²) in [4.78, 5) is 3.93. The van der Waals surface area contributed by atoms with Crippen molar-refractivity contribution >= 4 is 49.0 Å². The van der Waals surface area contributed by atoms with Crippen molar-refractivity contribution in [3.05, 3.63) is 205 Å². The van der Waals surface area contributed by atoms with E-state index in [9.17, 15) is 5.26 Å². The Bertz CT molecular complexity index is 3170. The largest absolute Gasteiger partial charge is 0.309 e. The highest BCUT2D eigenvalue weighted by Crippen LogP contribution is 2.44. The molecule has 0 spiro atoms. The summed E-state index contributed by atoms with van der Waals surface area (Å²) in [6.45, 7) is 8.08. The second-order valence-corrected chi connectivity index (χ2v) is 13.9. The van der Waals surface area contributed by atoms with Gasteiger partial charge in [-0.15, -0.1) is 0 Å². The Kier molecular flexibility index (Phi) is 7.58. The van der Waals surface area contributed by atoms with E-state index in [4.69, 9.17) is 6.57 Å². The summed E-state index contributed by atoms with van der Waals surface area (Å²) < 4.78 is 2.26. The molecule has 10 rings (SSSR count). The Morgan fingerprint density at radius 2 is 0.909 bits per heavy atom. The van der Waals surface area contributed by atoms with Crippen molar-refractivity contribution in [1.29, 1.82) is 5.26 Å². The third kappa shape index (κ3) is 5.35. The molecule has 10 aromatic rings. The maximum Gasteiger partial charge on any atom is 0.188 e. The van der Waals surface area contributed by atoms with Crippen molar-refractivity contribution in [3.63, 3.8) is 0 Å². The summed E-state index contributed by atoms with van der Waals surface area (Å²) in [5.74, 6) is 0. The van der Waals surface area contributed by atoms with Crippen LogP contribution >= 0.6 is 0 Å². The normalized spacial score (nSPS) is 11.2. The van der Waals surface area contributed by atoms with E-state index in [1.54, 1.807) is 0 Å². The molecule has 3 nitrogen and oxygen atoms in total. The van der Waals surface area contributed by atoms with Crippen LogP contribution in [0.15, 0.2) is 188 Å². The molecule has 254 valence electrons. The molecule has 0 aliphatic carbocycles. The summed E-state index contributed by atoms with van der Waals surface area (Å²) >= 11 is 0. The van der Waals surface area contributed by atoms with E-state index >= 15 is 0 Å². The van der Waals surface area contributed by atoms with Crippen LogP contribution in [0.1, 0.15) is 5.56 Å². The van der Waals surface area contributed by atoms with Crippen LogP contribution in [0, 0.1) is 17.9 Å². The minimum atomic E-state index is 0.590. The van der Waals surface area contributed by atoms with E-state index in [2.05, 4.69) is 167 Å². The fraction of sp³-hybridized carbons (Fsp3) is 0. The van der Waals surface area contributed by atoms with Gasteiger partial charge in [0.2, 0.25) is 0 Å². The summed E-state index contributed by atoms with van der Waals surface area (Å²) in [7, 11) is 0. The van der Waals surface area contributed by atoms with E-state index in [1.807, 2.05) is 36.4 Å². The zero-order valence-corrected chi connectivity index (χ0v) is 29.7. The lowest BCUT2D eigenvalue weighted by Crippen LogP contribution is -1.94. The Hall–Kier alpha value is -7.72. The highest BCUT2D eigenvalue weighted by molar-refractivity contribution is 6.21. The number of nitrogens with zero attached hydrogens (tertiary/aromatic N) is 3. The predicted molar refractivity (Wildman–Crippen MR) is 229 cm³/mol. The molecule has 0 aliphatic rings. The fourth-order valence-electron chi connectivity index (χ4n) is 8.36. The average Bonchev–Trinajstić information content (AvgIpc) is 3.59. The molecule has 9 aromatic carbocycles. The number of aromatic nitrogens is 1. The first kappa shape index (κ1) is 32.0. The van der Waals surface area contributed by atoms with Gasteiger partial charge in [-0.3, -0.25) is 0 Å². The van der Waals surface area contributed by atoms with Crippen LogP contribution in [-0.4, -0.2) is 4.57 Å². The standard InChI is InChI=1S/C52H31N3/c1-54-41-30-39(29-40(31-41)37-16-12-18-42(32-37)55-49-24-10-9-19-43(49)48-27-34(33-53)25-26-50(48)55)36-15-11-17-38(28-36)52-46-22-7-5-20-44(46)51(35-13-3-2-4-14-35)45-21-6-8-23-47(45)52/h2-32H. The maximum absolute atomic E-state index is 9.63. The summed E-state index contributed by atoms with van der Waals surface area (Å²) in [5, 5.41) is 16.6. The Labute approximate surface area is 319 Å². The van der Waals surface area contributed by atoms with Gasteiger partial charge in [-0.25, -0.2) is 4.85 Å². The third-order valence-electron chi connectivity index (χ3n) is 10.8. The van der Waals surface area contributed by atoms with Gasteiger partial charge in [0.05, 0.1) is 29.2 Å². The van der Waals surface area contributed by atoms with Crippen LogP contribution in [-0.2, 0) is 0 Å². The molecule has 3 heteroatoms. The molecule has 55 heavy (non-hydrogen) atoms. The minimum Gasteiger partial charge on any atom is -0.309 e. The van der Waals surface area contributed by atoms with Crippen molar-refractivity contribution in [2.45, 2.75) is 0 Å². The van der Waals surface area contributed by atoms with Gasteiger partial charge in [0.25, 0.3) is 0 Å². The van der Waals surface area contributed by atoms with Gasteiger partial charge >= 0.3 is 0 Å². The van der Waals surface area contributed by atoms with E-state index in [1.165, 1.54) is 38.2 Å². The molecular formula is C52H31N3. The Morgan fingerprint density at radius 1 is 0.400 bits per heavy atom. The predicted octanol–water partition coefficient (Wildman–Crippen LogP) is 14.2. The van der Waals surface area contributed by atoms with Gasteiger partial charge in [-0.2, -0.15) is 5.26 Å². The molecule has 0 radical (unpaired) electrons. The smallest absolute Gasteiger partial charge is 0.188 e. The molecule has 0 N–H and O–H groups in total. The number of nitriles is 1. The Balaban J connectivity index is 1.12. The molecule has 0 unspecified atom stereocenters. The quantitative estimate of drug-likeness (QED) is 0.130. The van der Waals surface area contributed by atoms with E-state index < -0.39 is 0 Å². The van der Waals surface area contributed by atoms with Crippen LogP contribution in [0.2, 0.25) is 0 Å². The van der Waals surface area contributed by atoms with Crippen molar-refractivity contribution < 1.29 is 0 Å². The van der Waals surface area contributed by atoms with Gasteiger partial charge in [0.1, 0.15) is 0 Å². The van der Waals surface area contributed by atoms with Gasteiger partial charge in [0, 0.05) is 16.5 Å². The molecule has 0 aliphatic heterocycles. The molecule has 0 saturated carbocycles. The third-order valence-corrected chi connectivity index (χ3v) is 10.8. The number of benzene rings is 9. The van der Waals surface area contributed by atoms with Crippen molar-refractivity contribution in [3.8, 4) is 56.3 Å². The number of para-hydroxylation sites is 1. The van der Waals surface area contributed by atoms with Crippen LogP contribution in [0.4, 0.5) is 5.69 Å². The van der Waals surface area contributed by atoms with E-state index in [0.29, 0.717) is 11.3 Å². The van der Waals surface area contributed by atoms with Gasteiger partial charge in [0.15, 0.2) is 5.69 Å². The first-order chi connectivity index (χ1) is 27.2. The second-order valence-electron chi connectivity index (χ2n) is 13.9. The average molecular weight is 698 g/mol. The van der Waals surface area contributed by atoms with Crippen molar-refractivity contribution in [2.75, 3.05) is 0 Å². The Morgan fingerprint density at radius 3 is 1.56 bits per heavy atom. The first-order valence-electron chi connectivity index (χ1n) is 18.3. The van der Waals surface area contributed by atoms with Crippen LogP contribution in [0.5, 0.6) is 0 Å². The van der Waals surface area contributed by atoms with Crippen molar-refractivity contribution in [1.82, 2.24) is 4.57 Å². The summed E-state index contributed by atoms with van der Waals surface area (Å²) in [6, 6.07) is 68.1. The van der Waals surface area contributed by atoms with Crippen LogP contribution in [0.3, 0.4) is 0 Å².